The van der Waals surface area contributed by atoms with E-state index in [9.17, 15) is 9.59 Å². The smallest absolute Gasteiger partial charge is 0.303 e. The van der Waals surface area contributed by atoms with Crippen LogP contribution < -0.4 is 0 Å². The fourth-order valence-electron chi connectivity index (χ4n) is 3.06. The Balaban J connectivity index is 2.23. The summed E-state index contributed by atoms with van der Waals surface area (Å²) in [5, 5.41) is -0.745. The van der Waals surface area contributed by atoms with Crippen LogP contribution in [-0.4, -0.2) is 52.9 Å². The number of hydrogen-bond acceptors (Lipinski definition) is 6. The Kier molecular flexibility index (Phi) is 6.65. The number of alkyl halides is 3. The van der Waals surface area contributed by atoms with Crippen LogP contribution in [0.5, 0.6) is 0 Å². The predicted molar refractivity (Wildman–Crippen MR) is 88.2 cm³/mol. The van der Waals surface area contributed by atoms with Crippen molar-refractivity contribution in [1.82, 2.24) is 0 Å². The van der Waals surface area contributed by atoms with Crippen LogP contribution >= 0.6 is 34.8 Å². The average Bonchev–Trinajstić information content (AvgIpc) is 2.71. The zero-order valence-corrected chi connectivity index (χ0v) is 15.9. The second-order valence-electron chi connectivity index (χ2n) is 5.98. The minimum Gasteiger partial charge on any atom is -0.463 e. The Bertz CT molecular complexity index is 486. The monoisotopic (exact) mass is 402 g/mol. The van der Waals surface area contributed by atoms with Gasteiger partial charge in [-0.2, -0.15) is 0 Å². The summed E-state index contributed by atoms with van der Waals surface area (Å²) in [6.45, 7) is 4.41. The summed E-state index contributed by atoms with van der Waals surface area (Å²) in [5.74, 6) is -1.59. The molecule has 2 fully saturated rings. The first-order valence-corrected chi connectivity index (χ1v) is 9.01. The minimum absolute atomic E-state index is 0.112. The van der Waals surface area contributed by atoms with E-state index in [0.29, 0.717) is 6.42 Å². The van der Waals surface area contributed by atoms with Crippen molar-refractivity contribution in [3.05, 3.63) is 0 Å². The lowest BCUT2D eigenvalue weighted by Gasteiger charge is -2.42. The number of carbonyl (C=O) groups excluding carboxylic acids is 2. The fourth-order valence-corrected chi connectivity index (χ4v) is 4.52. The Morgan fingerprint density at radius 3 is 2.38 bits per heavy atom. The summed E-state index contributed by atoms with van der Waals surface area (Å²) in [7, 11) is 0. The molecule has 0 spiro atoms. The third kappa shape index (κ3) is 4.10. The number of carbonyl (C=O) groups is 2. The molecule has 9 heteroatoms. The van der Waals surface area contributed by atoms with Crippen LogP contribution in [0, 0.1) is 5.92 Å². The molecule has 2 heterocycles. The quantitative estimate of drug-likeness (QED) is 0.519. The molecule has 138 valence electrons. The Labute approximate surface area is 156 Å². The van der Waals surface area contributed by atoms with Gasteiger partial charge in [-0.15, -0.1) is 11.6 Å². The van der Waals surface area contributed by atoms with Crippen LogP contribution in [0.4, 0.5) is 0 Å². The van der Waals surface area contributed by atoms with E-state index in [1.165, 1.54) is 13.8 Å². The number of esters is 2. The molecule has 0 N–H and O–H groups in total. The molecule has 6 nitrogen and oxygen atoms in total. The molecule has 2 rings (SSSR count). The highest BCUT2D eigenvalue weighted by Gasteiger charge is 2.63. The summed E-state index contributed by atoms with van der Waals surface area (Å²) < 4.78 is 20.7. The Morgan fingerprint density at radius 2 is 1.83 bits per heavy atom. The lowest BCUT2D eigenvalue weighted by atomic mass is 9.89. The van der Waals surface area contributed by atoms with Crippen LogP contribution in [-0.2, 0) is 28.5 Å². The minimum atomic E-state index is -1.27. The average molecular weight is 404 g/mol. The molecule has 0 amide bonds. The summed E-state index contributed by atoms with van der Waals surface area (Å²) in [6, 6.07) is 0. The van der Waals surface area contributed by atoms with E-state index in [-0.39, 0.29) is 6.61 Å². The van der Waals surface area contributed by atoms with Crippen molar-refractivity contribution in [2.45, 2.75) is 67.9 Å². The summed E-state index contributed by atoms with van der Waals surface area (Å²) >= 11 is 19.6. The number of fused-ring (bicyclic) bond motifs is 1. The molecule has 2 saturated heterocycles. The Morgan fingerprint density at radius 1 is 1.17 bits per heavy atom. The fraction of sp³-hybridized carbons (Fsp3) is 0.867. The first-order valence-electron chi connectivity index (χ1n) is 7.81. The first kappa shape index (κ1) is 20.0. The SMILES string of the molecule is CCC[C@@H]1O[C@H]2O[C@H](COC(C)=O)[C@@H](OC(C)=O)[C@H](Cl)[C@H]2C1(Cl)Cl. The zero-order chi connectivity index (χ0) is 18.1. The van der Waals surface area contributed by atoms with Crippen molar-refractivity contribution >= 4 is 46.7 Å². The lowest BCUT2D eigenvalue weighted by Crippen LogP contribution is -2.57. The highest BCUT2D eigenvalue weighted by molar-refractivity contribution is 6.49. The number of halogens is 3. The molecule has 0 aliphatic carbocycles. The highest BCUT2D eigenvalue weighted by atomic mass is 35.5. The van der Waals surface area contributed by atoms with E-state index >= 15 is 0 Å². The van der Waals surface area contributed by atoms with E-state index in [0.717, 1.165) is 6.42 Å². The van der Waals surface area contributed by atoms with Gasteiger partial charge < -0.3 is 18.9 Å². The molecule has 24 heavy (non-hydrogen) atoms. The maximum atomic E-state index is 11.4. The van der Waals surface area contributed by atoms with Crippen LogP contribution in [0.25, 0.3) is 0 Å². The molecule has 0 unspecified atom stereocenters. The summed E-state index contributed by atoms with van der Waals surface area (Å²) in [6.07, 6.45) is -1.36. The number of ether oxygens (including phenoxy) is 4. The van der Waals surface area contributed by atoms with Crippen molar-refractivity contribution in [1.29, 1.82) is 0 Å². The van der Waals surface area contributed by atoms with E-state index in [2.05, 4.69) is 0 Å². The third-order valence-corrected chi connectivity index (χ3v) is 5.61. The first-order chi connectivity index (χ1) is 11.2. The topological polar surface area (TPSA) is 71.1 Å². The molecular weight excluding hydrogens is 383 g/mol. The molecule has 2 aliphatic rings. The van der Waals surface area contributed by atoms with E-state index < -0.39 is 52.2 Å². The molecule has 2 aliphatic heterocycles. The molecule has 0 aromatic heterocycles. The lowest BCUT2D eigenvalue weighted by molar-refractivity contribution is -0.240. The molecule has 0 aromatic rings. The zero-order valence-electron chi connectivity index (χ0n) is 13.7. The molecular formula is C15H21Cl3O6. The van der Waals surface area contributed by atoms with Crippen molar-refractivity contribution in [3.63, 3.8) is 0 Å². The molecule has 0 aromatic carbocycles. The predicted octanol–water partition coefficient (Wildman–Crippen LogP) is 2.80. The number of rotatable bonds is 5. The standard InChI is InChI=1S/C15H21Cl3O6/c1-4-5-10-15(17,18)11-12(16)13(22-8(3)20)9(6-21-7(2)19)23-14(11)24-10/h9-14H,4-6H2,1-3H3/t9-,10+,11-,12-,13-,14-/m1/s1. The highest BCUT2D eigenvalue weighted by Crippen LogP contribution is 2.53. The number of hydrogen-bond donors (Lipinski definition) is 0. The maximum absolute atomic E-state index is 11.4. The second kappa shape index (κ2) is 7.96. The van der Waals surface area contributed by atoms with Gasteiger partial charge in [0, 0.05) is 13.8 Å². The van der Waals surface area contributed by atoms with Gasteiger partial charge in [-0.3, -0.25) is 9.59 Å². The van der Waals surface area contributed by atoms with Crippen molar-refractivity contribution in [2.75, 3.05) is 6.61 Å². The van der Waals surface area contributed by atoms with E-state index in [4.69, 9.17) is 53.8 Å². The van der Waals surface area contributed by atoms with Crippen LogP contribution in [0.3, 0.4) is 0 Å². The summed E-state index contributed by atoms with van der Waals surface area (Å²) in [4.78, 5) is 22.5. The molecule has 0 radical (unpaired) electrons. The van der Waals surface area contributed by atoms with E-state index in [1.54, 1.807) is 0 Å². The van der Waals surface area contributed by atoms with Crippen LogP contribution in [0.2, 0.25) is 0 Å². The summed E-state index contributed by atoms with van der Waals surface area (Å²) in [5.41, 5.74) is 0. The van der Waals surface area contributed by atoms with Gasteiger partial charge in [-0.25, -0.2) is 0 Å². The Hall–Kier alpha value is -0.270. The molecule has 0 saturated carbocycles. The van der Waals surface area contributed by atoms with Gasteiger partial charge in [0.1, 0.15) is 18.8 Å². The normalized spacial score (nSPS) is 37.6. The van der Waals surface area contributed by atoms with Gasteiger partial charge in [0.25, 0.3) is 0 Å². The van der Waals surface area contributed by atoms with Gasteiger partial charge in [-0.05, 0) is 6.42 Å². The van der Waals surface area contributed by atoms with Gasteiger partial charge in [-0.1, -0.05) is 36.5 Å². The van der Waals surface area contributed by atoms with Crippen molar-refractivity contribution < 1.29 is 28.5 Å². The molecule has 6 atom stereocenters. The second-order valence-corrected chi connectivity index (χ2v) is 7.93. The van der Waals surface area contributed by atoms with Gasteiger partial charge in [0.05, 0.1) is 17.4 Å². The largest absolute Gasteiger partial charge is 0.463 e. The van der Waals surface area contributed by atoms with E-state index in [1.807, 2.05) is 6.92 Å². The molecule has 0 bridgehead atoms. The van der Waals surface area contributed by atoms with Crippen molar-refractivity contribution in [3.8, 4) is 0 Å². The van der Waals surface area contributed by atoms with Crippen LogP contribution in [0.15, 0.2) is 0 Å². The van der Waals surface area contributed by atoms with Gasteiger partial charge in [0.15, 0.2) is 10.6 Å². The van der Waals surface area contributed by atoms with Gasteiger partial charge in [0.2, 0.25) is 0 Å². The third-order valence-electron chi connectivity index (χ3n) is 4.10. The van der Waals surface area contributed by atoms with Crippen LogP contribution in [0.1, 0.15) is 33.6 Å². The van der Waals surface area contributed by atoms with Gasteiger partial charge >= 0.3 is 11.9 Å². The maximum Gasteiger partial charge on any atom is 0.303 e. The van der Waals surface area contributed by atoms with Crippen molar-refractivity contribution in [2.24, 2.45) is 5.92 Å².